The summed E-state index contributed by atoms with van der Waals surface area (Å²) >= 11 is 7.79. The minimum atomic E-state index is -0.755. The molecule has 104 valence electrons. The predicted octanol–water partition coefficient (Wildman–Crippen LogP) is 4.04. The van der Waals surface area contributed by atoms with Gasteiger partial charge < -0.3 is 9.84 Å². The summed E-state index contributed by atoms with van der Waals surface area (Å²) in [6.07, 6.45) is 4.34. The molecule has 0 heterocycles. The number of aliphatic carboxylic acids is 1. The van der Waals surface area contributed by atoms with Gasteiger partial charge in [0.05, 0.1) is 23.4 Å². The molecular weight excluding hydrogens is 284 g/mol. The average molecular weight is 301 g/mol. The molecule has 1 N–H and O–H groups in total. The molecule has 1 aliphatic carbocycles. The van der Waals surface area contributed by atoms with Crippen molar-refractivity contribution in [3.05, 3.63) is 22.7 Å². The van der Waals surface area contributed by atoms with E-state index in [0.29, 0.717) is 16.7 Å². The number of ether oxygens (including phenoxy) is 1. The maximum absolute atomic E-state index is 11.0. The maximum atomic E-state index is 11.0. The molecule has 2 rings (SSSR count). The molecule has 1 aromatic rings. The minimum Gasteiger partial charge on any atom is -0.494 e. The lowest BCUT2D eigenvalue weighted by Crippen LogP contribution is -2.08. The van der Waals surface area contributed by atoms with E-state index < -0.39 is 5.97 Å². The second-order valence-corrected chi connectivity index (χ2v) is 6.04. The molecule has 1 fully saturated rings. The molecule has 0 amide bonds. The summed E-state index contributed by atoms with van der Waals surface area (Å²) < 4.78 is 5.29. The van der Waals surface area contributed by atoms with Crippen LogP contribution in [0, 0.1) is 5.92 Å². The van der Waals surface area contributed by atoms with Crippen molar-refractivity contribution in [2.75, 3.05) is 13.4 Å². The standard InChI is InChI=1S/C14H17ClO3S/c1-18-14-11(15)5-9(6-12(14)19-2)10(7-13(16)17)8-3-4-8/h5-6,8,10H,3-4,7H2,1-2H3,(H,16,17). The van der Waals surface area contributed by atoms with E-state index in [2.05, 4.69) is 0 Å². The highest BCUT2D eigenvalue weighted by Crippen LogP contribution is 2.47. The molecule has 3 nitrogen and oxygen atoms in total. The van der Waals surface area contributed by atoms with Crippen LogP contribution in [0.2, 0.25) is 5.02 Å². The zero-order valence-electron chi connectivity index (χ0n) is 11.0. The molecule has 0 saturated heterocycles. The van der Waals surface area contributed by atoms with Crippen molar-refractivity contribution in [3.8, 4) is 5.75 Å². The van der Waals surface area contributed by atoms with Gasteiger partial charge in [0.15, 0.2) is 5.75 Å². The summed E-state index contributed by atoms with van der Waals surface area (Å²) in [7, 11) is 1.59. The number of carboxylic acids is 1. The fraction of sp³-hybridized carbons (Fsp3) is 0.500. The maximum Gasteiger partial charge on any atom is 0.303 e. The van der Waals surface area contributed by atoms with Crippen LogP contribution < -0.4 is 4.74 Å². The Balaban J connectivity index is 2.36. The summed E-state index contributed by atoms with van der Waals surface area (Å²) in [4.78, 5) is 12.0. The summed E-state index contributed by atoms with van der Waals surface area (Å²) in [5.41, 5.74) is 1.01. The Morgan fingerprint density at radius 2 is 2.26 bits per heavy atom. The number of rotatable bonds is 6. The number of hydrogen-bond donors (Lipinski definition) is 1. The van der Waals surface area contributed by atoms with Gasteiger partial charge in [0, 0.05) is 0 Å². The molecule has 1 atom stereocenters. The van der Waals surface area contributed by atoms with Crippen LogP contribution in [0.5, 0.6) is 5.75 Å². The van der Waals surface area contributed by atoms with E-state index in [1.807, 2.05) is 18.4 Å². The second kappa shape index (κ2) is 6.06. The third kappa shape index (κ3) is 3.37. The number of thioether (sulfide) groups is 1. The van der Waals surface area contributed by atoms with Crippen LogP contribution in [-0.2, 0) is 4.79 Å². The van der Waals surface area contributed by atoms with Gasteiger partial charge in [-0.1, -0.05) is 11.6 Å². The van der Waals surface area contributed by atoms with Gasteiger partial charge in [0.25, 0.3) is 0 Å². The quantitative estimate of drug-likeness (QED) is 0.806. The third-order valence-electron chi connectivity index (χ3n) is 3.47. The third-order valence-corrected chi connectivity index (χ3v) is 4.49. The Labute approximate surface area is 122 Å². The fourth-order valence-corrected chi connectivity index (χ4v) is 3.39. The highest BCUT2D eigenvalue weighted by atomic mass is 35.5. The molecule has 0 bridgehead atoms. The van der Waals surface area contributed by atoms with Crippen LogP contribution in [0.4, 0.5) is 0 Å². The van der Waals surface area contributed by atoms with Crippen LogP contribution in [0.25, 0.3) is 0 Å². The van der Waals surface area contributed by atoms with E-state index in [4.69, 9.17) is 21.4 Å². The molecule has 19 heavy (non-hydrogen) atoms. The number of halogens is 1. The highest BCUT2D eigenvalue weighted by Gasteiger charge is 2.34. The molecular formula is C14H17ClO3S. The first-order chi connectivity index (χ1) is 9.06. The summed E-state index contributed by atoms with van der Waals surface area (Å²) in [6.45, 7) is 0. The molecule has 5 heteroatoms. The summed E-state index contributed by atoms with van der Waals surface area (Å²) in [5, 5.41) is 9.61. The number of carboxylic acid groups (broad SMARTS) is 1. The molecule has 0 aliphatic heterocycles. The van der Waals surface area contributed by atoms with E-state index in [1.165, 1.54) is 0 Å². The molecule has 1 aromatic carbocycles. The van der Waals surface area contributed by atoms with Crippen molar-refractivity contribution in [1.82, 2.24) is 0 Å². The first-order valence-corrected chi connectivity index (χ1v) is 7.80. The van der Waals surface area contributed by atoms with E-state index in [0.717, 1.165) is 23.3 Å². The molecule has 1 unspecified atom stereocenters. The van der Waals surface area contributed by atoms with Crippen molar-refractivity contribution in [2.45, 2.75) is 30.1 Å². The lowest BCUT2D eigenvalue weighted by Gasteiger charge is -2.18. The zero-order valence-corrected chi connectivity index (χ0v) is 12.6. The lowest BCUT2D eigenvalue weighted by atomic mass is 9.91. The average Bonchev–Trinajstić information content (AvgIpc) is 3.18. The number of hydrogen-bond acceptors (Lipinski definition) is 3. The van der Waals surface area contributed by atoms with Gasteiger partial charge in [-0.05, 0) is 48.6 Å². The number of benzene rings is 1. The normalized spacial score (nSPS) is 16.2. The number of carbonyl (C=O) groups is 1. The fourth-order valence-electron chi connectivity index (χ4n) is 2.40. The Hall–Kier alpha value is -0.870. The van der Waals surface area contributed by atoms with Crippen molar-refractivity contribution in [3.63, 3.8) is 0 Å². The monoisotopic (exact) mass is 300 g/mol. The van der Waals surface area contributed by atoms with Crippen LogP contribution in [0.1, 0.15) is 30.7 Å². The van der Waals surface area contributed by atoms with Crippen LogP contribution in [0.15, 0.2) is 17.0 Å². The SMILES string of the molecule is COc1c(Cl)cc(C(CC(=O)O)C2CC2)cc1SC. The van der Waals surface area contributed by atoms with Gasteiger partial charge in [-0.3, -0.25) is 4.79 Å². The second-order valence-electron chi connectivity index (χ2n) is 4.78. The largest absolute Gasteiger partial charge is 0.494 e. The van der Waals surface area contributed by atoms with E-state index in [-0.39, 0.29) is 12.3 Å². The van der Waals surface area contributed by atoms with E-state index in [1.54, 1.807) is 18.9 Å². The van der Waals surface area contributed by atoms with E-state index >= 15 is 0 Å². The van der Waals surface area contributed by atoms with Crippen LogP contribution >= 0.6 is 23.4 Å². The van der Waals surface area contributed by atoms with Crippen LogP contribution in [0.3, 0.4) is 0 Å². The molecule has 1 saturated carbocycles. The zero-order chi connectivity index (χ0) is 14.0. The smallest absolute Gasteiger partial charge is 0.303 e. The van der Waals surface area contributed by atoms with E-state index in [9.17, 15) is 4.79 Å². The van der Waals surface area contributed by atoms with Gasteiger partial charge in [0.2, 0.25) is 0 Å². The molecule has 1 aliphatic rings. The van der Waals surface area contributed by atoms with Gasteiger partial charge in [-0.25, -0.2) is 0 Å². The summed E-state index contributed by atoms with van der Waals surface area (Å²) in [5.74, 6) is 0.458. The van der Waals surface area contributed by atoms with Gasteiger partial charge in [0.1, 0.15) is 0 Å². The van der Waals surface area contributed by atoms with Crippen molar-refractivity contribution >= 4 is 29.3 Å². The minimum absolute atomic E-state index is 0.0619. The lowest BCUT2D eigenvalue weighted by molar-refractivity contribution is -0.137. The van der Waals surface area contributed by atoms with Crippen molar-refractivity contribution < 1.29 is 14.6 Å². The van der Waals surface area contributed by atoms with Gasteiger partial charge in [-0.2, -0.15) is 0 Å². The predicted molar refractivity (Wildman–Crippen MR) is 77.5 cm³/mol. The van der Waals surface area contributed by atoms with Crippen LogP contribution in [-0.4, -0.2) is 24.4 Å². The first-order valence-electron chi connectivity index (χ1n) is 6.20. The Kier molecular flexibility index (Phi) is 4.63. The Morgan fingerprint density at radius 1 is 1.58 bits per heavy atom. The highest BCUT2D eigenvalue weighted by molar-refractivity contribution is 7.98. The Bertz CT molecular complexity index is 486. The Morgan fingerprint density at radius 3 is 2.74 bits per heavy atom. The molecule has 0 spiro atoms. The topological polar surface area (TPSA) is 46.5 Å². The van der Waals surface area contributed by atoms with Crippen molar-refractivity contribution in [2.24, 2.45) is 5.92 Å². The first kappa shape index (κ1) is 14.5. The molecule has 0 radical (unpaired) electrons. The van der Waals surface area contributed by atoms with Crippen molar-refractivity contribution in [1.29, 1.82) is 0 Å². The molecule has 0 aromatic heterocycles. The number of methoxy groups -OCH3 is 1. The summed E-state index contributed by atoms with van der Waals surface area (Å²) in [6, 6.07) is 3.87. The van der Waals surface area contributed by atoms with Gasteiger partial charge >= 0.3 is 5.97 Å². The van der Waals surface area contributed by atoms with Gasteiger partial charge in [-0.15, -0.1) is 11.8 Å².